The average molecular weight is 409 g/mol. The van der Waals surface area contributed by atoms with Crippen molar-refractivity contribution in [3.05, 3.63) is 40.5 Å². The number of hydrogen-bond donors (Lipinski definition) is 2. The number of rotatable bonds is 6. The Balaban J connectivity index is 1.99. The Hall–Kier alpha value is -2.43. The van der Waals surface area contributed by atoms with E-state index < -0.39 is 0 Å². The van der Waals surface area contributed by atoms with E-state index in [-0.39, 0.29) is 35.8 Å². The minimum absolute atomic E-state index is 0.0581. The fourth-order valence-corrected chi connectivity index (χ4v) is 5.40. The van der Waals surface area contributed by atoms with Crippen LogP contribution in [-0.4, -0.2) is 22.6 Å². The van der Waals surface area contributed by atoms with E-state index in [9.17, 15) is 10.2 Å². The molecule has 0 radical (unpaired) electrons. The topological polar surface area (TPSA) is 69.1 Å². The lowest BCUT2D eigenvalue weighted by atomic mass is 9.88. The van der Waals surface area contributed by atoms with Crippen LogP contribution < -0.4 is 4.57 Å². The van der Waals surface area contributed by atoms with Crippen molar-refractivity contribution in [3.63, 3.8) is 0 Å². The van der Waals surface area contributed by atoms with Gasteiger partial charge in [0.05, 0.1) is 23.2 Å². The summed E-state index contributed by atoms with van der Waals surface area (Å²) in [4.78, 5) is 9.39. The summed E-state index contributed by atoms with van der Waals surface area (Å²) >= 11 is 0. The Kier molecular flexibility index (Phi) is 5.81. The van der Waals surface area contributed by atoms with Crippen LogP contribution in [0.4, 0.5) is 0 Å². The summed E-state index contributed by atoms with van der Waals surface area (Å²) in [7, 11) is 0. The maximum absolute atomic E-state index is 11.6. The molecule has 3 heterocycles. The number of aliphatic imine (C=N–C) groups is 2. The fourth-order valence-electron chi connectivity index (χ4n) is 5.40. The summed E-state index contributed by atoms with van der Waals surface area (Å²) < 4.78 is 1.75. The van der Waals surface area contributed by atoms with Crippen LogP contribution in [-0.2, 0) is 6.42 Å². The first-order chi connectivity index (χ1) is 14.4. The lowest BCUT2D eigenvalue weighted by Crippen LogP contribution is -2.43. The molecular weight excluding hydrogens is 374 g/mol. The van der Waals surface area contributed by atoms with Gasteiger partial charge in [-0.3, -0.25) is 9.98 Å². The zero-order valence-corrected chi connectivity index (χ0v) is 18.4. The van der Waals surface area contributed by atoms with Crippen LogP contribution in [0.5, 0.6) is 11.8 Å². The Morgan fingerprint density at radius 1 is 1.10 bits per heavy atom. The summed E-state index contributed by atoms with van der Waals surface area (Å²) in [6.45, 7) is 10.5. The number of pyridine rings is 1. The van der Waals surface area contributed by atoms with Crippen LogP contribution in [0.2, 0.25) is 0 Å². The molecule has 0 saturated heterocycles. The first-order valence-electron chi connectivity index (χ1n) is 11.3. The van der Waals surface area contributed by atoms with Gasteiger partial charge < -0.3 is 10.2 Å². The summed E-state index contributed by atoms with van der Waals surface area (Å²) in [5, 5.41) is 23.2. The van der Waals surface area contributed by atoms with E-state index in [0.717, 1.165) is 67.2 Å². The minimum Gasteiger partial charge on any atom is -0.459 e. The van der Waals surface area contributed by atoms with Gasteiger partial charge >= 0.3 is 11.8 Å². The van der Waals surface area contributed by atoms with Gasteiger partial charge in [0, 0.05) is 5.92 Å². The molecule has 0 aromatic carbocycles. The zero-order valence-electron chi connectivity index (χ0n) is 18.4. The van der Waals surface area contributed by atoms with Crippen molar-refractivity contribution in [2.45, 2.75) is 83.8 Å². The van der Waals surface area contributed by atoms with Gasteiger partial charge in [-0.05, 0) is 76.4 Å². The number of hydrogen-bond acceptors (Lipinski definition) is 4. The molecule has 1 aromatic rings. The van der Waals surface area contributed by atoms with Crippen LogP contribution in [0.15, 0.2) is 33.8 Å². The molecule has 3 unspecified atom stereocenters. The van der Waals surface area contributed by atoms with Crippen LogP contribution in [0, 0.1) is 5.92 Å². The second-order valence-corrected chi connectivity index (χ2v) is 9.08. The molecule has 0 bridgehead atoms. The predicted octanol–water partition coefficient (Wildman–Crippen LogP) is 5.23. The van der Waals surface area contributed by atoms with Crippen molar-refractivity contribution >= 4 is 12.4 Å². The Bertz CT molecular complexity index is 895. The average Bonchev–Trinajstić information content (AvgIpc) is 3.44. The standard InChI is InChI=1S/C25H33N3O2/c1-5-8-17-22(19-9-6-11-26-19)24(29)28(21-14-16(4)13-18(21)15(2)3)25(30)23(17)20-10-7-12-27-20/h11-12,14,18-21H,2,5-10,13H2,1,3-4H3,(H,29,30)/p+1/t18?,19-,20?,21?/m0/s1. The largest absolute Gasteiger partial charge is 0.459 e. The highest BCUT2D eigenvalue weighted by Gasteiger charge is 2.44. The first-order valence-corrected chi connectivity index (χ1v) is 11.3. The fraction of sp³-hybridized carbons (Fsp3) is 0.560. The van der Waals surface area contributed by atoms with E-state index in [1.807, 2.05) is 19.4 Å². The SMILES string of the molecule is C=C(C)C1CC(C)=CC1[n+]1c(O)c(C2CCC=N2)c(CCC)c([C@@H]2CCC=N2)c1O. The normalized spacial score (nSPS) is 27.8. The Morgan fingerprint density at radius 3 is 2.10 bits per heavy atom. The van der Waals surface area contributed by atoms with Crippen LogP contribution >= 0.6 is 0 Å². The van der Waals surface area contributed by atoms with Gasteiger partial charge in [-0.15, -0.1) is 4.57 Å². The van der Waals surface area contributed by atoms with Crippen molar-refractivity contribution in [1.82, 2.24) is 0 Å². The number of aromatic hydroxyl groups is 2. The summed E-state index contributed by atoms with van der Waals surface area (Å²) in [5.41, 5.74) is 5.15. The van der Waals surface area contributed by atoms with Crippen molar-refractivity contribution in [2.24, 2.45) is 15.9 Å². The molecule has 0 amide bonds. The maximum Gasteiger partial charge on any atom is 0.374 e. The maximum atomic E-state index is 11.6. The molecule has 5 nitrogen and oxygen atoms in total. The van der Waals surface area contributed by atoms with Crippen molar-refractivity contribution in [1.29, 1.82) is 0 Å². The van der Waals surface area contributed by atoms with Crippen molar-refractivity contribution in [3.8, 4) is 11.8 Å². The Morgan fingerprint density at radius 2 is 1.67 bits per heavy atom. The third-order valence-electron chi connectivity index (χ3n) is 6.80. The van der Waals surface area contributed by atoms with Crippen LogP contribution in [0.1, 0.15) is 94.1 Å². The van der Waals surface area contributed by atoms with E-state index >= 15 is 0 Å². The summed E-state index contributed by atoms with van der Waals surface area (Å²) in [5.74, 6) is 0.476. The third kappa shape index (κ3) is 3.48. The molecule has 3 aliphatic rings. The predicted molar refractivity (Wildman–Crippen MR) is 121 cm³/mol. The smallest absolute Gasteiger partial charge is 0.374 e. The second-order valence-electron chi connectivity index (χ2n) is 9.08. The van der Waals surface area contributed by atoms with E-state index in [4.69, 9.17) is 9.98 Å². The summed E-state index contributed by atoms with van der Waals surface area (Å²) in [6.07, 6.45) is 12.4. The molecule has 0 spiro atoms. The molecule has 0 saturated carbocycles. The lowest BCUT2D eigenvalue weighted by molar-refractivity contribution is -0.727. The van der Waals surface area contributed by atoms with Gasteiger partial charge in [-0.25, -0.2) is 0 Å². The van der Waals surface area contributed by atoms with Gasteiger partial charge in [-0.1, -0.05) is 31.1 Å². The van der Waals surface area contributed by atoms with Crippen LogP contribution in [0.25, 0.3) is 0 Å². The number of nitrogens with zero attached hydrogens (tertiary/aromatic N) is 3. The van der Waals surface area contributed by atoms with E-state index in [1.54, 1.807) is 4.57 Å². The second kappa shape index (κ2) is 8.37. The lowest BCUT2D eigenvalue weighted by Gasteiger charge is -2.24. The third-order valence-corrected chi connectivity index (χ3v) is 6.80. The molecule has 160 valence electrons. The van der Waals surface area contributed by atoms with Crippen LogP contribution in [0.3, 0.4) is 0 Å². The molecule has 5 heteroatoms. The minimum atomic E-state index is -0.147. The highest BCUT2D eigenvalue weighted by molar-refractivity contribution is 5.63. The van der Waals surface area contributed by atoms with Crippen molar-refractivity contribution < 1.29 is 14.8 Å². The number of allylic oxidation sites excluding steroid dienone is 3. The van der Waals surface area contributed by atoms with E-state index in [0.29, 0.717) is 0 Å². The molecular formula is C25H34N3O2+. The molecule has 1 aliphatic carbocycles. The molecule has 30 heavy (non-hydrogen) atoms. The molecule has 2 aliphatic heterocycles. The zero-order chi connectivity index (χ0) is 21.4. The van der Waals surface area contributed by atoms with Crippen molar-refractivity contribution in [2.75, 3.05) is 0 Å². The monoisotopic (exact) mass is 408 g/mol. The quantitative estimate of drug-likeness (QED) is 0.500. The van der Waals surface area contributed by atoms with Gasteiger partial charge in [0.15, 0.2) is 6.04 Å². The summed E-state index contributed by atoms with van der Waals surface area (Å²) in [6, 6.07) is -0.263. The van der Waals surface area contributed by atoms with Gasteiger partial charge in [-0.2, -0.15) is 0 Å². The molecule has 2 N–H and O–H groups in total. The first kappa shape index (κ1) is 20.8. The molecule has 0 fully saturated rings. The highest BCUT2D eigenvalue weighted by Crippen LogP contribution is 2.46. The molecule has 4 atom stereocenters. The molecule has 1 aromatic heterocycles. The van der Waals surface area contributed by atoms with E-state index in [2.05, 4.69) is 26.5 Å². The van der Waals surface area contributed by atoms with E-state index in [1.165, 1.54) is 5.57 Å². The van der Waals surface area contributed by atoms with Gasteiger partial charge in [0.1, 0.15) is 0 Å². The molecule has 4 rings (SSSR count). The number of aromatic nitrogens is 1. The highest BCUT2D eigenvalue weighted by atomic mass is 16.3. The van der Waals surface area contributed by atoms with Gasteiger partial charge in [0.25, 0.3) is 0 Å². The Labute approximate surface area is 179 Å². The van der Waals surface area contributed by atoms with Gasteiger partial charge in [0.2, 0.25) is 0 Å².